The van der Waals surface area contributed by atoms with Crippen LogP contribution >= 0.6 is 0 Å². The van der Waals surface area contributed by atoms with Crippen LogP contribution in [0.5, 0.6) is 0 Å². The first-order chi connectivity index (χ1) is 7.58. The minimum Gasteiger partial charge on any atom is -0.343 e. The third kappa shape index (κ3) is 2.61. The van der Waals surface area contributed by atoms with E-state index in [4.69, 9.17) is 10.5 Å². The number of rotatable bonds is 3. The summed E-state index contributed by atoms with van der Waals surface area (Å²) in [5, 5.41) is 19.9. The maximum Gasteiger partial charge on any atom is 0.148 e. The molecule has 0 radical (unpaired) electrons. The van der Waals surface area contributed by atoms with Crippen LogP contribution in [0, 0.1) is 22.7 Å². The Labute approximate surface area is 94.6 Å². The summed E-state index contributed by atoms with van der Waals surface area (Å²) < 4.78 is 1.92. The molecule has 0 aliphatic heterocycles. The highest BCUT2D eigenvalue weighted by atomic mass is 15.1. The first-order valence-electron chi connectivity index (χ1n) is 4.88. The van der Waals surface area contributed by atoms with E-state index in [1.807, 2.05) is 17.8 Å². The smallest absolute Gasteiger partial charge is 0.148 e. The summed E-state index contributed by atoms with van der Waals surface area (Å²) in [4.78, 5) is 4.34. The number of nitriles is 2. The number of aromatic nitrogens is 2. The molecule has 5 nitrogen and oxygen atoms in total. The van der Waals surface area contributed by atoms with Gasteiger partial charge in [-0.2, -0.15) is 10.5 Å². The van der Waals surface area contributed by atoms with Crippen LogP contribution < -0.4 is 5.32 Å². The summed E-state index contributed by atoms with van der Waals surface area (Å²) in [6, 6.07) is 3.54. The van der Waals surface area contributed by atoms with Gasteiger partial charge in [-0.25, -0.2) is 4.98 Å². The molecule has 82 valence electrons. The lowest BCUT2D eigenvalue weighted by Crippen LogP contribution is -1.98. The summed E-state index contributed by atoms with van der Waals surface area (Å²) in [5.74, 6) is 1.91. The average molecular weight is 215 g/mol. The van der Waals surface area contributed by atoms with Gasteiger partial charge < -0.3 is 9.88 Å². The largest absolute Gasteiger partial charge is 0.343 e. The summed E-state index contributed by atoms with van der Waals surface area (Å²) in [5.41, 5.74) is 0.0248. The third-order valence-corrected chi connectivity index (χ3v) is 2.03. The minimum absolute atomic E-state index is 0.0248. The number of imidazole rings is 1. The number of aryl methyl sites for hydroxylation is 1. The van der Waals surface area contributed by atoms with E-state index in [2.05, 4.69) is 24.1 Å². The predicted octanol–water partition coefficient (Wildman–Crippen LogP) is 1.89. The molecule has 0 unspecified atom stereocenters. The molecule has 0 spiro atoms. The lowest BCUT2D eigenvalue weighted by atomic mass is 10.2. The second-order valence-electron chi connectivity index (χ2n) is 3.68. The van der Waals surface area contributed by atoms with Gasteiger partial charge in [0, 0.05) is 25.4 Å². The van der Waals surface area contributed by atoms with Crippen molar-refractivity contribution < 1.29 is 0 Å². The van der Waals surface area contributed by atoms with Crippen molar-refractivity contribution in [1.29, 1.82) is 10.5 Å². The van der Waals surface area contributed by atoms with Crippen molar-refractivity contribution in [2.75, 3.05) is 5.32 Å². The van der Waals surface area contributed by atoms with Gasteiger partial charge in [0.15, 0.2) is 0 Å². The minimum atomic E-state index is 0.0248. The molecule has 1 rings (SSSR count). The van der Waals surface area contributed by atoms with Crippen molar-refractivity contribution in [2.45, 2.75) is 19.8 Å². The van der Waals surface area contributed by atoms with E-state index in [0.717, 1.165) is 5.82 Å². The molecule has 5 heteroatoms. The van der Waals surface area contributed by atoms with Gasteiger partial charge in [0.05, 0.1) is 0 Å². The molecule has 0 saturated heterocycles. The van der Waals surface area contributed by atoms with E-state index in [1.54, 1.807) is 12.1 Å². The predicted molar refractivity (Wildman–Crippen MR) is 60.2 cm³/mol. The molecule has 0 aliphatic carbocycles. The van der Waals surface area contributed by atoms with Gasteiger partial charge >= 0.3 is 0 Å². The Kier molecular flexibility index (Phi) is 3.68. The Morgan fingerprint density at radius 2 is 2.12 bits per heavy atom. The van der Waals surface area contributed by atoms with E-state index >= 15 is 0 Å². The molecule has 1 N–H and O–H groups in total. The fourth-order valence-electron chi connectivity index (χ4n) is 1.32. The van der Waals surface area contributed by atoms with Crippen LogP contribution in [-0.4, -0.2) is 9.55 Å². The van der Waals surface area contributed by atoms with Gasteiger partial charge in [0.1, 0.15) is 29.4 Å². The van der Waals surface area contributed by atoms with Crippen molar-refractivity contribution in [3.63, 3.8) is 0 Å². The highest BCUT2D eigenvalue weighted by Crippen LogP contribution is 2.15. The molecular weight excluding hydrogens is 202 g/mol. The molecule has 0 amide bonds. The number of nitrogens with one attached hydrogen (secondary N) is 1. The van der Waals surface area contributed by atoms with Crippen LogP contribution in [0.2, 0.25) is 0 Å². The lowest BCUT2D eigenvalue weighted by molar-refractivity contribution is 0.711. The van der Waals surface area contributed by atoms with Crippen molar-refractivity contribution in [2.24, 2.45) is 7.05 Å². The zero-order valence-corrected chi connectivity index (χ0v) is 9.52. The van der Waals surface area contributed by atoms with Crippen molar-refractivity contribution >= 4 is 5.82 Å². The SMILES string of the molecule is CC(C)c1nc(NC=C(C#N)C#N)cn1C. The summed E-state index contributed by atoms with van der Waals surface area (Å²) in [7, 11) is 1.91. The lowest BCUT2D eigenvalue weighted by Gasteiger charge is -2.02. The van der Waals surface area contributed by atoms with Crippen molar-refractivity contribution in [1.82, 2.24) is 9.55 Å². The van der Waals surface area contributed by atoms with Crippen LogP contribution in [0.15, 0.2) is 18.0 Å². The van der Waals surface area contributed by atoms with Crippen LogP contribution in [0.1, 0.15) is 25.6 Å². The van der Waals surface area contributed by atoms with E-state index < -0.39 is 0 Å². The van der Waals surface area contributed by atoms with E-state index in [0.29, 0.717) is 11.7 Å². The van der Waals surface area contributed by atoms with Crippen LogP contribution in [-0.2, 0) is 7.05 Å². The van der Waals surface area contributed by atoms with E-state index in [1.165, 1.54) is 6.20 Å². The Balaban J connectivity index is 2.86. The molecule has 0 bridgehead atoms. The Morgan fingerprint density at radius 3 is 2.56 bits per heavy atom. The molecule has 0 aromatic carbocycles. The molecule has 1 aromatic rings. The standard InChI is InChI=1S/C11H13N5/c1-8(2)11-15-10(7-16(11)3)14-6-9(4-12)5-13/h6-8,14H,1-3H3. The quantitative estimate of drug-likeness (QED) is 0.781. The summed E-state index contributed by atoms with van der Waals surface area (Å²) in [6.45, 7) is 4.11. The van der Waals surface area contributed by atoms with Crippen LogP contribution in [0.3, 0.4) is 0 Å². The second-order valence-corrected chi connectivity index (χ2v) is 3.68. The van der Waals surface area contributed by atoms with Crippen molar-refractivity contribution in [3.05, 3.63) is 23.8 Å². The highest BCUT2D eigenvalue weighted by molar-refractivity contribution is 5.44. The maximum atomic E-state index is 8.55. The summed E-state index contributed by atoms with van der Waals surface area (Å²) >= 11 is 0. The highest BCUT2D eigenvalue weighted by Gasteiger charge is 2.07. The molecule has 0 aliphatic rings. The first kappa shape index (κ1) is 11.8. The fraction of sp³-hybridized carbons (Fsp3) is 0.364. The molecule has 0 fully saturated rings. The Bertz CT molecular complexity index is 465. The first-order valence-corrected chi connectivity index (χ1v) is 4.88. The number of anilines is 1. The van der Waals surface area contributed by atoms with Gasteiger partial charge in [0.2, 0.25) is 0 Å². The normalized spacial score (nSPS) is 9.38. The van der Waals surface area contributed by atoms with Crippen LogP contribution in [0.4, 0.5) is 5.82 Å². The van der Waals surface area contributed by atoms with E-state index in [-0.39, 0.29) is 5.57 Å². The van der Waals surface area contributed by atoms with Crippen LogP contribution in [0.25, 0.3) is 0 Å². The van der Waals surface area contributed by atoms with E-state index in [9.17, 15) is 0 Å². The van der Waals surface area contributed by atoms with Crippen molar-refractivity contribution in [3.8, 4) is 12.1 Å². The van der Waals surface area contributed by atoms with Gasteiger partial charge in [0.25, 0.3) is 0 Å². The average Bonchev–Trinajstić information content (AvgIpc) is 2.61. The third-order valence-electron chi connectivity index (χ3n) is 2.03. The topological polar surface area (TPSA) is 77.4 Å². The van der Waals surface area contributed by atoms with Gasteiger partial charge in [-0.05, 0) is 0 Å². The van der Waals surface area contributed by atoms with Gasteiger partial charge in [-0.15, -0.1) is 0 Å². The molecule has 1 aromatic heterocycles. The fourth-order valence-corrected chi connectivity index (χ4v) is 1.32. The second kappa shape index (κ2) is 4.99. The monoisotopic (exact) mass is 215 g/mol. The maximum absolute atomic E-state index is 8.55. The molecule has 0 atom stereocenters. The zero-order chi connectivity index (χ0) is 12.1. The van der Waals surface area contributed by atoms with Gasteiger partial charge in [-0.3, -0.25) is 0 Å². The number of hydrogen-bond donors (Lipinski definition) is 1. The van der Waals surface area contributed by atoms with Gasteiger partial charge in [-0.1, -0.05) is 13.8 Å². The number of hydrogen-bond acceptors (Lipinski definition) is 4. The Morgan fingerprint density at radius 1 is 1.50 bits per heavy atom. The molecule has 1 heterocycles. The zero-order valence-electron chi connectivity index (χ0n) is 9.52. The molecule has 0 saturated carbocycles. The molecular formula is C11H13N5. The molecule has 16 heavy (non-hydrogen) atoms. The Hall–Kier alpha value is -2.27. The number of allylic oxidation sites excluding steroid dienone is 1. The summed E-state index contributed by atoms with van der Waals surface area (Å²) in [6.07, 6.45) is 3.17. The number of nitrogens with zero attached hydrogens (tertiary/aromatic N) is 4.